The summed E-state index contributed by atoms with van der Waals surface area (Å²) in [4.78, 5) is 3.36. The third kappa shape index (κ3) is 1.51. The lowest BCUT2D eigenvalue weighted by molar-refractivity contribution is 0.00135. The van der Waals surface area contributed by atoms with Crippen molar-refractivity contribution in [1.82, 2.24) is 20.2 Å². The van der Waals surface area contributed by atoms with Gasteiger partial charge in [0.1, 0.15) is 17.7 Å². The van der Waals surface area contributed by atoms with Crippen molar-refractivity contribution in [2.45, 2.75) is 39.1 Å². The Balaban J connectivity index is 1.70. The van der Waals surface area contributed by atoms with Crippen molar-refractivity contribution in [3.63, 3.8) is 0 Å². The number of rotatable bonds is 1. The van der Waals surface area contributed by atoms with Crippen molar-refractivity contribution in [3.05, 3.63) is 22.3 Å². The minimum Gasteiger partial charge on any atom is -0.372 e. The summed E-state index contributed by atoms with van der Waals surface area (Å²) in [6.07, 6.45) is 4.83. The van der Waals surface area contributed by atoms with Crippen LogP contribution < -0.4 is 10.3 Å². The van der Waals surface area contributed by atoms with Gasteiger partial charge in [-0.15, -0.1) is 21.5 Å². The fraction of sp³-hybridized carbons (Fsp3) is 0.500. The quantitative estimate of drug-likeness (QED) is 0.869. The van der Waals surface area contributed by atoms with E-state index in [1.54, 1.807) is 24.0 Å². The Morgan fingerprint density at radius 3 is 3.23 bits per heavy atom. The van der Waals surface area contributed by atoms with Gasteiger partial charge in [-0.3, -0.25) is 14.9 Å². The minimum atomic E-state index is 0.0256. The highest BCUT2D eigenvalue weighted by Crippen LogP contribution is 2.46. The SMILES string of the molecule is CC(C)[C@@H]1Cc2c(sc3c2C2NN=CN2c2nncn2-3)CO1. The van der Waals surface area contributed by atoms with E-state index >= 15 is 0 Å². The van der Waals surface area contributed by atoms with Crippen LogP contribution in [-0.2, 0) is 17.8 Å². The fourth-order valence-electron chi connectivity index (χ4n) is 3.40. The van der Waals surface area contributed by atoms with Crippen molar-refractivity contribution in [2.24, 2.45) is 11.0 Å². The largest absolute Gasteiger partial charge is 0.372 e. The molecule has 114 valence electrons. The van der Waals surface area contributed by atoms with Gasteiger partial charge < -0.3 is 4.74 Å². The number of hydrazone groups is 1. The maximum atomic E-state index is 6.03. The van der Waals surface area contributed by atoms with Crippen LogP contribution in [0.3, 0.4) is 0 Å². The summed E-state index contributed by atoms with van der Waals surface area (Å²) in [5.74, 6) is 1.33. The molecule has 0 aliphatic carbocycles. The van der Waals surface area contributed by atoms with E-state index in [9.17, 15) is 0 Å². The number of thiophene rings is 1. The smallest absolute Gasteiger partial charge is 0.239 e. The van der Waals surface area contributed by atoms with Crippen molar-refractivity contribution < 1.29 is 4.74 Å². The van der Waals surface area contributed by atoms with Gasteiger partial charge in [0, 0.05) is 16.9 Å². The summed E-state index contributed by atoms with van der Waals surface area (Å²) in [5, 5.41) is 13.7. The molecule has 1 N–H and O–H groups in total. The molecule has 3 aliphatic heterocycles. The molecular weight excluding hydrogens is 300 g/mol. The van der Waals surface area contributed by atoms with E-state index in [0.29, 0.717) is 12.5 Å². The lowest BCUT2D eigenvalue weighted by Crippen LogP contribution is -2.36. The Bertz CT molecular complexity index is 778. The Morgan fingerprint density at radius 2 is 2.36 bits per heavy atom. The molecule has 0 bridgehead atoms. The van der Waals surface area contributed by atoms with Crippen molar-refractivity contribution in [1.29, 1.82) is 0 Å². The average Bonchev–Trinajstić information content (AvgIpc) is 3.22. The third-order valence-corrected chi connectivity index (χ3v) is 5.82. The highest BCUT2D eigenvalue weighted by Gasteiger charge is 2.40. The first-order valence-corrected chi connectivity index (χ1v) is 8.29. The molecule has 2 atom stereocenters. The molecule has 22 heavy (non-hydrogen) atoms. The highest BCUT2D eigenvalue weighted by molar-refractivity contribution is 7.15. The minimum absolute atomic E-state index is 0.0256. The van der Waals surface area contributed by atoms with Crippen molar-refractivity contribution in [2.75, 3.05) is 4.90 Å². The van der Waals surface area contributed by atoms with Gasteiger partial charge in [0.05, 0.1) is 12.7 Å². The number of hydrogen-bond acceptors (Lipinski definition) is 7. The zero-order chi connectivity index (χ0) is 14.8. The lowest BCUT2D eigenvalue weighted by Gasteiger charge is -2.31. The number of ether oxygens (including phenoxy) is 1. The molecule has 0 aromatic carbocycles. The van der Waals surface area contributed by atoms with Crippen LogP contribution in [-0.4, -0.2) is 27.2 Å². The zero-order valence-electron chi connectivity index (χ0n) is 12.4. The maximum absolute atomic E-state index is 6.03. The number of nitrogens with one attached hydrogen (secondary N) is 1. The predicted molar refractivity (Wildman–Crippen MR) is 83.2 cm³/mol. The summed E-state index contributed by atoms with van der Waals surface area (Å²) in [6, 6.07) is 0. The van der Waals surface area contributed by atoms with Crippen LogP contribution in [0, 0.1) is 5.92 Å². The Labute approximate surface area is 131 Å². The molecule has 0 saturated carbocycles. The van der Waals surface area contributed by atoms with Crippen LogP contribution in [0.25, 0.3) is 5.00 Å². The molecular formula is C14H16N6OS. The van der Waals surface area contributed by atoms with E-state index in [-0.39, 0.29) is 12.3 Å². The molecule has 0 fully saturated rings. The van der Waals surface area contributed by atoms with Gasteiger partial charge in [0.2, 0.25) is 5.95 Å². The van der Waals surface area contributed by atoms with Crippen LogP contribution >= 0.6 is 11.3 Å². The Kier molecular flexibility index (Phi) is 2.46. The number of nitrogens with zero attached hydrogens (tertiary/aromatic N) is 5. The molecule has 1 unspecified atom stereocenters. The molecule has 3 aliphatic rings. The molecule has 5 heterocycles. The normalized spacial score (nSPS) is 24.8. The van der Waals surface area contributed by atoms with Gasteiger partial charge in [0.25, 0.3) is 0 Å². The summed E-state index contributed by atoms with van der Waals surface area (Å²) in [6.45, 7) is 5.13. The van der Waals surface area contributed by atoms with Crippen LogP contribution in [0.5, 0.6) is 0 Å². The molecule has 5 rings (SSSR count). The van der Waals surface area contributed by atoms with Crippen LogP contribution in [0.4, 0.5) is 5.95 Å². The van der Waals surface area contributed by atoms with Gasteiger partial charge in [-0.1, -0.05) is 13.8 Å². The highest BCUT2D eigenvalue weighted by atomic mass is 32.1. The second kappa shape index (κ2) is 4.30. The first-order valence-electron chi connectivity index (χ1n) is 7.47. The van der Waals surface area contributed by atoms with Gasteiger partial charge >= 0.3 is 0 Å². The van der Waals surface area contributed by atoms with Gasteiger partial charge in [-0.2, -0.15) is 5.10 Å². The van der Waals surface area contributed by atoms with Gasteiger partial charge in [0.15, 0.2) is 6.17 Å². The maximum Gasteiger partial charge on any atom is 0.239 e. The number of fused-ring (bicyclic) bond motifs is 8. The van der Waals surface area contributed by atoms with Gasteiger partial charge in [-0.05, 0) is 11.5 Å². The molecule has 0 radical (unpaired) electrons. The number of aromatic nitrogens is 3. The molecule has 0 amide bonds. The van der Waals surface area contributed by atoms with E-state index in [4.69, 9.17) is 4.74 Å². The standard InChI is InChI=1S/C14H16N6OS/c1-7(2)9-3-8-10(4-21-9)22-13-11(8)12-17-15-5-19(12)14-18-16-6-20(13)14/h5-7,9,12,17H,3-4H2,1-2H3/t9-,12?/m0/s1. The van der Waals surface area contributed by atoms with Crippen molar-refractivity contribution in [3.8, 4) is 5.00 Å². The molecule has 2 aromatic rings. The first kappa shape index (κ1) is 12.6. The lowest BCUT2D eigenvalue weighted by atomic mass is 9.93. The molecule has 7 nitrogen and oxygen atoms in total. The molecule has 0 saturated heterocycles. The predicted octanol–water partition coefficient (Wildman–Crippen LogP) is 1.79. The van der Waals surface area contributed by atoms with Crippen LogP contribution in [0.15, 0.2) is 11.4 Å². The average molecular weight is 316 g/mol. The summed E-state index contributed by atoms with van der Waals surface area (Å²) < 4.78 is 8.08. The fourth-order valence-corrected chi connectivity index (χ4v) is 4.65. The van der Waals surface area contributed by atoms with E-state index in [1.165, 1.54) is 21.0 Å². The van der Waals surface area contributed by atoms with E-state index < -0.39 is 0 Å². The van der Waals surface area contributed by atoms with Crippen LogP contribution in [0.1, 0.15) is 36.0 Å². The van der Waals surface area contributed by atoms with E-state index in [1.807, 2.05) is 4.90 Å². The van der Waals surface area contributed by atoms with Crippen molar-refractivity contribution >= 4 is 23.6 Å². The monoisotopic (exact) mass is 316 g/mol. The second-order valence-corrected chi connectivity index (χ2v) is 7.29. The molecule has 8 heteroatoms. The second-order valence-electron chi connectivity index (χ2n) is 6.20. The summed E-state index contributed by atoms with van der Waals surface area (Å²) in [5.41, 5.74) is 5.92. The Hall–Kier alpha value is -1.93. The van der Waals surface area contributed by atoms with E-state index in [2.05, 4.69) is 39.1 Å². The molecule has 0 spiro atoms. The summed E-state index contributed by atoms with van der Waals surface area (Å²) in [7, 11) is 0. The third-order valence-electron chi connectivity index (χ3n) is 4.60. The number of hydrogen-bond donors (Lipinski definition) is 1. The van der Waals surface area contributed by atoms with Crippen LogP contribution in [0.2, 0.25) is 0 Å². The zero-order valence-corrected chi connectivity index (χ0v) is 13.2. The summed E-state index contributed by atoms with van der Waals surface area (Å²) >= 11 is 1.78. The van der Waals surface area contributed by atoms with Gasteiger partial charge in [-0.25, -0.2) is 0 Å². The molecule has 2 aromatic heterocycles. The van der Waals surface area contributed by atoms with E-state index in [0.717, 1.165) is 12.4 Å². The topological polar surface area (TPSA) is 67.6 Å². The number of anilines is 1. The first-order chi connectivity index (χ1) is 10.7. The Morgan fingerprint density at radius 1 is 1.45 bits per heavy atom.